The fourth-order valence-electron chi connectivity index (χ4n) is 3.77. The van der Waals surface area contributed by atoms with Crippen molar-refractivity contribution < 1.29 is 4.74 Å². The third kappa shape index (κ3) is 2.13. The Morgan fingerprint density at radius 1 is 0.952 bits per heavy atom. The quantitative estimate of drug-likeness (QED) is 0.819. The van der Waals surface area contributed by atoms with E-state index in [1.54, 1.807) is 7.11 Å². The number of fused-ring (bicyclic) bond motifs is 5. The Morgan fingerprint density at radius 3 is 2.76 bits per heavy atom. The Kier molecular flexibility index (Phi) is 3.16. The molecule has 0 saturated carbocycles. The van der Waals surface area contributed by atoms with Crippen LogP contribution in [0.4, 0.5) is 0 Å². The van der Waals surface area contributed by atoms with E-state index in [1.807, 2.05) is 0 Å². The second-order valence-electron chi connectivity index (χ2n) is 6.13. The molecule has 0 radical (unpaired) electrons. The lowest BCUT2D eigenvalue weighted by atomic mass is 9.84. The van der Waals surface area contributed by atoms with Crippen molar-refractivity contribution in [2.24, 2.45) is 5.92 Å². The Hall–Kier alpha value is -1.86. The highest BCUT2D eigenvalue weighted by Crippen LogP contribution is 2.25. The molecule has 0 saturated heterocycles. The molecule has 1 heteroatoms. The van der Waals surface area contributed by atoms with Crippen molar-refractivity contribution in [1.29, 1.82) is 0 Å². The van der Waals surface area contributed by atoms with Gasteiger partial charge < -0.3 is 4.74 Å². The van der Waals surface area contributed by atoms with E-state index in [-0.39, 0.29) is 0 Å². The van der Waals surface area contributed by atoms with Gasteiger partial charge in [-0.1, -0.05) is 48.6 Å². The molecule has 0 fully saturated rings. The molecule has 2 aromatic rings. The fourth-order valence-corrected chi connectivity index (χ4v) is 3.77. The molecular weight excluding hydrogens is 256 g/mol. The molecule has 0 aromatic heterocycles. The summed E-state index contributed by atoms with van der Waals surface area (Å²) in [5.74, 6) is 0.636. The van der Waals surface area contributed by atoms with Crippen molar-refractivity contribution in [2.75, 3.05) is 13.7 Å². The summed E-state index contributed by atoms with van der Waals surface area (Å²) in [5, 5.41) is 2.91. The Balaban J connectivity index is 1.86. The van der Waals surface area contributed by atoms with Crippen LogP contribution in [0, 0.1) is 5.92 Å². The minimum Gasteiger partial charge on any atom is -0.384 e. The van der Waals surface area contributed by atoms with Crippen LogP contribution in [0.15, 0.2) is 36.4 Å². The maximum Gasteiger partial charge on any atom is 0.0496 e. The molecule has 0 amide bonds. The molecule has 1 atom stereocenters. The topological polar surface area (TPSA) is 9.23 Å². The highest BCUT2D eigenvalue weighted by molar-refractivity contribution is 5.74. The van der Waals surface area contributed by atoms with Crippen molar-refractivity contribution in [3.8, 4) is 11.1 Å². The number of rotatable bonds is 2. The van der Waals surface area contributed by atoms with Crippen LogP contribution in [-0.4, -0.2) is 13.7 Å². The van der Waals surface area contributed by atoms with E-state index in [0.717, 1.165) is 25.9 Å². The van der Waals surface area contributed by atoms with Gasteiger partial charge in [0, 0.05) is 13.7 Å². The normalized spacial score (nSPS) is 18.8. The Bertz CT molecular complexity index is 801. The van der Waals surface area contributed by atoms with E-state index < -0.39 is 0 Å². The maximum absolute atomic E-state index is 5.33. The van der Waals surface area contributed by atoms with Crippen LogP contribution in [0.25, 0.3) is 23.3 Å². The van der Waals surface area contributed by atoms with Gasteiger partial charge in [0.25, 0.3) is 0 Å². The molecule has 1 nitrogen and oxygen atoms in total. The van der Waals surface area contributed by atoms with Gasteiger partial charge in [-0.05, 0) is 57.9 Å². The van der Waals surface area contributed by atoms with Crippen LogP contribution >= 0.6 is 0 Å². The minimum absolute atomic E-state index is 0.636. The standard InChI is InChI=1S/C20H20O/c1-21-13-14-6-9-18-16(12-14)8-11-19-17-5-3-2-4-15(17)7-10-20(18)19/h2-5,8-11,14H,6-7,12-13H2,1H3. The summed E-state index contributed by atoms with van der Waals surface area (Å²) in [6.07, 6.45) is 8.15. The molecule has 2 aliphatic rings. The largest absolute Gasteiger partial charge is 0.384 e. The molecule has 4 rings (SSSR count). The van der Waals surface area contributed by atoms with Gasteiger partial charge in [0.1, 0.15) is 0 Å². The third-order valence-electron chi connectivity index (χ3n) is 4.78. The smallest absolute Gasteiger partial charge is 0.0496 e. The summed E-state index contributed by atoms with van der Waals surface area (Å²) in [6.45, 7) is 0.861. The van der Waals surface area contributed by atoms with Crippen molar-refractivity contribution in [3.05, 3.63) is 58.0 Å². The minimum atomic E-state index is 0.636. The molecule has 21 heavy (non-hydrogen) atoms. The predicted molar refractivity (Wildman–Crippen MR) is 87.4 cm³/mol. The molecular formula is C20H20O. The zero-order chi connectivity index (χ0) is 14.2. The van der Waals surface area contributed by atoms with Gasteiger partial charge >= 0.3 is 0 Å². The second-order valence-corrected chi connectivity index (χ2v) is 6.13. The van der Waals surface area contributed by atoms with E-state index in [4.69, 9.17) is 4.74 Å². The van der Waals surface area contributed by atoms with Gasteiger partial charge in [-0.15, -0.1) is 0 Å². The van der Waals surface area contributed by atoms with E-state index in [0.29, 0.717) is 5.92 Å². The average molecular weight is 276 g/mol. The van der Waals surface area contributed by atoms with Crippen LogP contribution in [-0.2, 0) is 17.6 Å². The number of ether oxygens (including phenoxy) is 1. The number of benzene rings is 2. The summed E-state index contributed by atoms with van der Waals surface area (Å²) in [6, 6.07) is 13.4. The fraction of sp³-hybridized carbons (Fsp3) is 0.300. The first-order valence-corrected chi connectivity index (χ1v) is 7.76. The van der Waals surface area contributed by atoms with Gasteiger partial charge in [0.05, 0.1) is 0 Å². The summed E-state index contributed by atoms with van der Waals surface area (Å²) >= 11 is 0. The van der Waals surface area contributed by atoms with Crippen LogP contribution in [0.2, 0.25) is 0 Å². The van der Waals surface area contributed by atoms with Crippen molar-refractivity contribution >= 4 is 12.2 Å². The van der Waals surface area contributed by atoms with Crippen molar-refractivity contribution in [1.82, 2.24) is 0 Å². The third-order valence-corrected chi connectivity index (χ3v) is 4.78. The molecule has 0 N–H and O–H groups in total. The molecule has 0 bridgehead atoms. The van der Waals surface area contributed by atoms with Gasteiger partial charge in [0.2, 0.25) is 0 Å². The van der Waals surface area contributed by atoms with Crippen LogP contribution in [0.3, 0.4) is 0 Å². The average Bonchev–Trinajstić information content (AvgIpc) is 2.54. The van der Waals surface area contributed by atoms with Crippen molar-refractivity contribution in [3.63, 3.8) is 0 Å². The first-order chi connectivity index (χ1) is 10.4. The highest BCUT2D eigenvalue weighted by atomic mass is 16.5. The Labute approximate surface area is 125 Å². The number of hydrogen-bond donors (Lipinski definition) is 0. The lowest BCUT2D eigenvalue weighted by Gasteiger charge is -2.22. The SMILES string of the molecule is COCC1CC=c2c(ccc3c2=CCc2ccccc2-3)C1. The first kappa shape index (κ1) is 12.8. The zero-order valence-electron chi connectivity index (χ0n) is 12.4. The van der Waals surface area contributed by atoms with E-state index in [2.05, 4.69) is 48.6 Å². The molecule has 1 unspecified atom stereocenters. The number of hydrogen-bond acceptors (Lipinski definition) is 1. The van der Waals surface area contributed by atoms with Gasteiger partial charge in [-0.2, -0.15) is 0 Å². The number of methoxy groups -OCH3 is 1. The van der Waals surface area contributed by atoms with Crippen LogP contribution in [0.1, 0.15) is 17.5 Å². The predicted octanol–water partition coefficient (Wildman–Crippen LogP) is 2.68. The van der Waals surface area contributed by atoms with Gasteiger partial charge in [-0.25, -0.2) is 0 Å². The molecule has 2 aliphatic carbocycles. The maximum atomic E-state index is 5.33. The van der Waals surface area contributed by atoms with Crippen LogP contribution < -0.4 is 10.4 Å². The van der Waals surface area contributed by atoms with Crippen molar-refractivity contribution in [2.45, 2.75) is 19.3 Å². The highest BCUT2D eigenvalue weighted by Gasteiger charge is 2.17. The monoisotopic (exact) mass is 276 g/mol. The van der Waals surface area contributed by atoms with Gasteiger partial charge in [0.15, 0.2) is 0 Å². The summed E-state index contributed by atoms with van der Waals surface area (Å²) in [7, 11) is 1.80. The molecule has 106 valence electrons. The molecule has 0 aliphatic heterocycles. The Morgan fingerprint density at radius 2 is 1.86 bits per heavy atom. The summed E-state index contributed by atoms with van der Waals surface area (Å²) in [4.78, 5) is 0. The van der Waals surface area contributed by atoms with Gasteiger partial charge in [-0.3, -0.25) is 0 Å². The molecule has 0 heterocycles. The molecule has 0 spiro atoms. The summed E-state index contributed by atoms with van der Waals surface area (Å²) in [5.41, 5.74) is 5.73. The lowest BCUT2D eigenvalue weighted by molar-refractivity contribution is 0.153. The van der Waals surface area contributed by atoms with E-state index in [1.165, 1.54) is 32.7 Å². The van der Waals surface area contributed by atoms with Crippen LogP contribution in [0.5, 0.6) is 0 Å². The zero-order valence-corrected chi connectivity index (χ0v) is 12.4. The summed E-state index contributed by atoms with van der Waals surface area (Å²) < 4.78 is 5.33. The first-order valence-electron chi connectivity index (χ1n) is 7.76. The lowest BCUT2D eigenvalue weighted by Crippen LogP contribution is -2.36. The van der Waals surface area contributed by atoms with E-state index in [9.17, 15) is 0 Å². The second kappa shape index (κ2) is 5.16. The molecule has 2 aromatic carbocycles. The van der Waals surface area contributed by atoms with E-state index >= 15 is 0 Å².